The van der Waals surface area contributed by atoms with Gasteiger partial charge in [0, 0.05) is 12.0 Å². The Hall–Kier alpha value is -0.790. The molecule has 0 unspecified atom stereocenters. The zero-order valence-corrected chi connectivity index (χ0v) is 10.9. The van der Waals surface area contributed by atoms with Crippen molar-refractivity contribution in [3.8, 4) is 0 Å². The van der Waals surface area contributed by atoms with Crippen molar-refractivity contribution in [2.24, 2.45) is 11.3 Å². The Morgan fingerprint density at radius 2 is 1.94 bits per heavy atom. The van der Waals surface area contributed by atoms with E-state index < -0.39 is 0 Å². The summed E-state index contributed by atoms with van der Waals surface area (Å²) in [5, 5.41) is 3.03. The van der Waals surface area contributed by atoms with Crippen LogP contribution in [0.3, 0.4) is 0 Å². The monoisotopic (exact) mass is 223 g/mol. The fourth-order valence-electron chi connectivity index (χ4n) is 2.78. The van der Waals surface area contributed by atoms with Crippen LogP contribution in [0.15, 0.2) is 12.2 Å². The number of carbonyl (C=O) groups excluding carboxylic acids is 1. The third kappa shape index (κ3) is 3.36. The second-order valence-corrected chi connectivity index (χ2v) is 5.73. The van der Waals surface area contributed by atoms with E-state index in [9.17, 15) is 4.79 Å². The Kier molecular flexibility index (Phi) is 4.57. The molecule has 1 fully saturated rings. The molecule has 16 heavy (non-hydrogen) atoms. The van der Waals surface area contributed by atoms with E-state index in [1.54, 1.807) is 0 Å². The molecule has 0 aliphatic heterocycles. The summed E-state index contributed by atoms with van der Waals surface area (Å²) in [5.74, 6) is 0.843. The van der Waals surface area contributed by atoms with Gasteiger partial charge in [0.05, 0.1) is 0 Å². The van der Waals surface area contributed by atoms with Gasteiger partial charge in [-0.05, 0) is 32.1 Å². The van der Waals surface area contributed by atoms with Crippen molar-refractivity contribution in [3.63, 3.8) is 0 Å². The van der Waals surface area contributed by atoms with Crippen LogP contribution in [-0.2, 0) is 4.79 Å². The molecule has 0 saturated heterocycles. The van der Waals surface area contributed by atoms with Gasteiger partial charge in [0.15, 0.2) is 0 Å². The standard InChI is InChI=1S/C14H25NO/c1-11(2)9-14(7-5-6-8-14)13(16)15-10-12(3)4/h11H,3,5-10H2,1-2,4H3,(H,15,16). The lowest BCUT2D eigenvalue weighted by Gasteiger charge is -2.29. The summed E-state index contributed by atoms with van der Waals surface area (Å²) >= 11 is 0. The molecule has 0 aromatic carbocycles. The van der Waals surface area contributed by atoms with E-state index in [4.69, 9.17) is 0 Å². The number of nitrogens with one attached hydrogen (secondary N) is 1. The molecule has 0 aromatic heterocycles. The van der Waals surface area contributed by atoms with E-state index in [1.807, 2.05) is 6.92 Å². The van der Waals surface area contributed by atoms with Gasteiger partial charge in [-0.2, -0.15) is 0 Å². The van der Waals surface area contributed by atoms with E-state index in [0.717, 1.165) is 24.8 Å². The molecule has 1 rings (SSSR count). The van der Waals surface area contributed by atoms with Gasteiger partial charge in [0.25, 0.3) is 0 Å². The highest BCUT2D eigenvalue weighted by Gasteiger charge is 2.40. The Bertz CT molecular complexity index is 262. The van der Waals surface area contributed by atoms with E-state index in [2.05, 4.69) is 25.7 Å². The van der Waals surface area contributed by atoms with Crippen molar-refractivity contribution in [1.29, 1.82) is 0 Å². The predicted molar refractivity (Wildman–Crippen MR) is 68.2 cm³/mol. The van der Waals surface area contributed by atoms with Crippen LogP contribution >= 0.6 is 0 Å². The van der Waals surface area contributed by atoms with Crippen LogP contribution in [0.4, 0.5) is 0 Å². The summed E-state index contributed by atoms with van der Waals surface area (Å²) in [5.41, 5.74) is 0.940. The minimum absolute atomic E-state index is 0.0797. The summed E-state index contributed by atoms with van der Waals surface area (Å²) in [7, 11) is 0. The topological polar surface area (TPSA) is 29.1 Å². The molecule has 1 saturated carbocycles. The normalized spacial score (nSPS) is 18.8. The van der Waals surface area contributed by atoms with Crippen molar-refractivity contribution < 1.29 is 4.79 Å². The van der Waals surface area contributed by atoms with E-state index in [-0.39, 0.29) is 11.3 Å². The Morgan fingerprint density at radius 3 is 2.38 bits per heavy atom. The van der Waals surface area contributed by atoms with Gasteiger partial charge in [-0.25, -0.2) is 0 Å². The average molecular weight is 223 g/mol. The number of rotatable bonds is 5. The van der Waals surface area contributed by atoms with Crippen molar-refractivity contribution in [1.82, 2.24) is 5.32 Å². The van der Waals surface area contributed by atoms with Gasteiger partial charge in [-0.3, -0.25) is 4.79 Å². The van der Waals surface area contributed by atoms with Crippen molar-refractivity contribution >= 4 is 5.91 Å². The van der Waals surface area contributed by atoms with Crippen LogP contribution in [-0.4, -0.2) is 12.5 Å². The molecule has 0 radical (unpaired) electrons. The van der Waals surface area contributed by atoms with Crippen molar-refractivity contribution in [2.45, 2.75) is 52.9 Å². The van der Waals surface area contributed by atoms with Gasteiger partial charge in [0.2, 0.25) is 5.91 Å². The van der Waals surface area contributed by atoms with Crippen LogP contribution in [0.2, 0.25) is 0 Å². The lowest BCUT2D eigenvalue weighted by atomic mass is 9.77. The summed E-state index contributed by atoms with van der Waals surface area (Å²) in [4.78, 5) is 12.3. The fourth-order valence-corrected chi connectivity index (χ4v) is 2.78. The number of hydrogen-bond acceptors (Lipinski definition) is 1. The highest BCUT2D eigenvalue weighted by atomic mass is 16.2. The van der Waals surface area contributed by atoms with Crippen LogP contribution < -0.4 is 5.32 Å². The number of carbonyl (C=O) groups is 1. The summed E-state index contributed by atoms with van der Waals surface area (Å²) in [6.45, 7) is 10.8. The highest BCUT2D eigenvalue weighted by Crippen LogP contribution is 2.43. The molecular weight excluding hydrogens is 198 g/mol. The molecule has 1 amide bonds. The first-order valence-corrected chi connectivity index (χ1v) is 6.39. The van der Waals surface area contributed by atoms with E-state index in [0.29, 0.717) is 12.5 Å². The molecular formula is C14H25NO. The molecule has 2 heteroatoms. The third-order valence-corrected chi connectivity index (χ3v) is 3.39. The largest absolute Gasteiger partial charge is 0.352 e. The number of amides is 1. The number of hydrogen-bond donors (Lipinski definition) is 1. The summed E-state index contributed by atoms with van der Waals surface area (Å²) in [6, 6.07) is 0. The predicted octanol–water partition coefficient (Wildman–Crippen LogP) is 3.29. The molecule has 1 N–H and O–H groups in total. The van der Waals surface area contributed by atoms with Crippen LogP contribution in [0.1, 0.15) is 52.9 Å². The molecule has 92 valence electrons. The molecule has 1 aliphatic rings. The average Bonchev–Trinajstić information content (AvgIpc) is 2.62. The first-order chi connectivity index (χ1) is 7.46. The highest BCUT2D eigenvalue weighted by molar-refractivity contribution is 5.83. The summed E-state index contributed by atoms with van der Waals surface area (Å²) < 4.78 is 0. The molecule has 0 spiro atoms. The third-order valence-electron chi connectivity index (χ3n) is 3.39. The molecule has 0 aromatic rings. The zero-order valence-electron chi connectivity index (χ0n) is 10.9. The van der Waals surface area contributed by atoms with Crippen molar-refractivity contribution in [2.75, 3.05) is 6.54 Å². The smallest absolute Gasteiger partial charge is 0.226 e. The molecule has 0 heterocycles. The van der Waals surface area contributed by atoms with Crippen molar-refractivity contribution in [3.05, 3.63) is 12.2 Å². The zero-order chi connectivity index (χ0) is 12.2. The Labute approximate surface area is 99.5 Å². The molecule has 0 bridgehead atoms. The maximum atomic E-state index is 12.3. The van der Waals surface area contributed by atoms with Gasteiger partial charge in [-0.15, -0.1) is 0 Å². The first-order valence-electron chi connectivity index (χ1n) is 6.39. The minimum atomic E-state index is -0.0797. The van der Waals surface area contributed by atoms with Crippen LogP contribution in [0, 0.1) is 11.3 Å². The molecule has 0 atom stereocenters. The van der Waals surface area contributed by atoms with E-state index in [1.165, 1.54) is 12.8 Å². The van der Waals surface area contributed by atoms with Crippen LogP contribution in [0.25, 0.3) is 0 Å². The fraction of sp³-hybridized carbons (Fsp3) is 0.786. The SMILES string of the molecule is C=C(C)CNC(=O)C1(CC(C)C)CCCC1. The lowest BCUT2D eigenvalue weighted by molar-refractivity contribution is -0.131. The van der Waals surface area contributed by atoms with Gasteiger partial charge in [-0.1, -0.05) is 38.8 Å². The van der Waals surface area contributed by atoms with Gasteiger partial charge >= 0.3 is 0 Å². The minimum Gasteiger partial charge on any atom is -0.352 e. The Morgan fingerprint density at radius 1 is 1.38 bits per heavy atom. The van der Waals surface area contributed by atoms with Gasteiger partial charge in [0.1, 0.15) is 0 Å². The van der Waals surface area contributed by atoms with Crippen LogP contribution in [0.5, 0.6) is 0 Å². The maximum absolute atomic E-state index is 12.3. The molecule has 2 nitrogen and oxygen atoms in total. The second kappa shape index (κ2) is 5.51. The van der Waals surface area contributed by atoms with Gasteiger partial charge < -0.3 is 5.32 Å². The summed E-state index contributed by atoms with van der Waals surface area (Å²) in [6.07, 6.45) is 5.55. The van der Waals surface area contributed by atoms with E-state index >= 15 is 0 Å². The lowest BCUT2D eigenvalue weighted by Crippen LogP contribution is -2.40. The Balaban J connectivity index is 2.61. The second-order valence-electron chi connectivity index (χ2n) is 5.73. The first kappa shape index (κ1) is 13.3. The molecule has 1 aliphatic carbocycles. The maximum Gasteiger partial charge on any atom is 0.226 e. The quantitative estimate of drug-likeness (QED) is 0.712.